The van der Waals surface area contributed by atoms with E-state index in [2.05, 4.69) is 10.0 Å². The van der Waals surface area contributed by atoms with Crippen molar-refractivity contribution in [3.63, 3.8) is 0 Å². The minimum Gasteiger partial charge on any atom is -0.484 e. The summed E-state index contributed by atoms with van der Waals surface area (Å²) in [6, 6.07) is 4.22. The van der Waals surface area contributed by atoms with E-state index in [1.54, 1.807) is 6.92 Å². The summed E-state index contributed by atoms with van der Waals surface area (Å²) in [5.74, 6) is -0.496. The molecule has 0 atom stereocenters. The number of nitrogens with one attached hydrogen (secondary N) is 2. The second kappa shape index (κ2) is 7.76. The van der Waals surface area contributed by atoms with Gasteiger partial charge >= 0.3 is 0 Å². The van der Waals surface area contributed by atoms with Crippen LogP contribution in [0.1, 0.15) is 12.0 Å². The molecule has 0 unspecified atom stereocenters. The zero-order valence-corrected chi connectivity index (χ0v) is 13.2. The minimum atomic E-state index is -3.71. The van der Waals surface area contributed by atoms with Crippen LogP contribution in [0.4, 0.5) is 0 Å². The van der Waals surface area contributed by atoms with E-state index in [9.17, 15) is 18.0 Å². The fourth-order valence-corrected chi connectivity index (χ4v) is 2.72. The number of carbonyl (C=O) groups excluding carboxylic acids is 2. The van der Waals surface area contributed by atoms with Gasteiger partial charge in [-0.15, -0.1) is 0 Å². The van der Waals surface area contributed by atoms with E-state index in [-0.39, 0.29) is 30.4 Å². The summed E-state index contributed by atoms with van der Waals surface area (Å²) in [6.07, 6.45) is 0.0501. The van der Waals surface area contributed by atoms with Gasteiger partial charge in [0.05, 0.1) is 4.90 Å². The van der Waals surface area contributed by atoms with Crippen LogP contribution in [0.25, 0.3) is 0 Å². The van der Waals surface area contributed by atoms with Gasteiger partial charge in [-0.25, -0.2) is 13.1 Å². The molecule has 8 nitrogen and oxygen atoms in total. The molecule has 0 aromatic heterocycles. The van der Waals surface area contributed by atoms with E-state index in [0.29, 0.717) is 11.3 Å². The average Bonchev–Trinajstić information content (AvgIpc) is 2.45. The molecule has 122 valence electrons. The van der Waals surface area contributed by atoms with Gasteiger partial charge in [0.15, 0.2) is 6.61 Å². The number of carbonyl (C=O) groups is 2. The lowest BCUT2D eigenvalue weighted by Crippen LogP contribution is -2.29. The summed E-state index contributed by atoms with van der Waals surface area (Å²) in [5, 5.41) is 2.40. The van der Waals surface area contributed by atoms with Crippen molar-refractivity contribution >= 4 is 21.8 Å². The van der Waals surface area contributed by atoms with E-state index in [1.165, 1.54) is 25.2 Å². The third-order valence-corrected chi connectivity index (χ3v) is 4.21. The summed E-state index contributed by atoms with van der Waals surface area (Å²) in [6.45, 7) is 1.37. The van der Waals surface area contributed by atoms with Crippen molar-refractivity contribution in [3.05, 3.63) is 23.8 Å². The molecule has 0 bridgehead atoms. The summed E-state index contributed by atoms with van der Waals surface area (Å²) in [4.78, 5) is 21.8. The van der Waals surface area contributed by atoms with Crippen molar-refractivity contribution in [1.82, 2.24) is 10.0 Å². The molecule has 22 heavy (non-hydrogen) atoms. The van der Waals surface area contributed by atoms with Crippen molar-refractivity contribution < 1.29 is 22.7 Å². The number of aryl methyl sites for hydroxylation is 1. The predicted octanol–water partition coefficient (Wildman–Crippen LogP) is -0.726. The highest BCUT2D eigenvalue weighted by Gasteiger charge is 2.15. The van der Waals surface area contributed by atoms with Crippen LogP contribution in [0, 0.1) is 6.92 Å². The molecule has 1 aromatic rings. The molecule has 0 aliphatic heterocycles. The van der Waals surface area contributed by atoms with Crippen molar-refractivity contribution in [2.75, 3.05) is 20.2 Å². The van der Waals surface area contributed by atoms with Crippen LogP contribution >= 0.6 is 0 Å². The molecule has 4 N–H and O–H groups in total. The first-order chi connectivity index (χ1) is 10.3. The summed E-state index contributed by atoms with van der Waals surface area (Å²) in [7, 11) is -2.23. The standard InChI is InChI=1S/C13H19N3O5S/c1-9-7-10(3-4-11(9)21-8-12(14)17)22(19,20)16-6-5-13(18)15-2/h3-4,7,16H,5-6,8H2,1-2H3,(H2,14,17)(H,15,18). The van der Waals surface area contributed by atoms with E-state index in [0.717, 1.165) is 0 Å². The number of ether oxygens (including phenoxy) is 1. The fraction of sp³-hybridized carbons (Fsp3) is 0.385. The number of amides is 2. The summed E-state index contributed by atoms with van der Waals surface area (Å²) < 4.78 is 31.6. The second-order valence-electron chi connectivity index (χ2n) is 4.50. The van der Waals surface area contributed by atoms with Gasteiger partial charge < -0.3 is 15.8 Å². The summed E-state index contributed by atoms with van der Waals surface area (Å²) in [5.41, 5.74) is 5.53. The second-order valence-corrected chi connectivity index (χ2v) is 6.27. The monoisotopic (exact) mass is 329 g/mol. The Bertz CT molecular complexity index is 658. The molecular formula is C13H19N3O5S. The SMILES string of the molecule is CNC(=O)CCNS(=O)(=O)c1ccc(OCC(N)=O)c(C)c1. The molecule has 0 radical (unpaired) electrons. The maximum absolute atomic E-state index is 12.1. The van der Waals surface area contributed by atoms with Gasteiger partial charge in [-0.1, -0.05) is 0 Å². The van der Waals surface area contributed by atoms with Gasteiger partial charge in [0.25, 0.3) is 5.91 Å². The highest BCUT2D eigenvalue weighted by atomic mass is 32.2. The maximum Gasteiger partial charge on any atom is 0.255 e. The molecule has 1 rings (SSSR count). The van der Waals surface area contributed by atoms with Crippen molar-refractivity contribution in [3.8, 4) is 5.75 Å². The first-order valence-corrected chi connectivity index (χ1v) is 7.96. The van der Waals surface area contributed by atoms with Crippen LogP contribution in [-0.4, -0.2) is 40.4 Å². The van der Waals surface area contributed by atoms with Gasteiger partial charge in [-0.3, -0.25) is 9.59 Å². The zero-order valence-electron chi connectivity index (χ0n) is 12.4. The minimum absolute atomic E-state index is 0.000973. The Morgan fingerprint density at radius 1 is 1.32 bits per heavy atom. The van der Waals surface area contributed by atoms with E-state index >= 15 is 0 Å². The Balaban J connectivity index is 2.77. The van der Waals surface area contributed by atoms with Crippen LogP contribution in [0.15, 0.2) is 23.1 Å². The maximum atomic E-state index is 12.1. The predicted molar refractivity (Wildman–Crippen MR) is 79.7 cm³/mol. The number of sulfonamides is 1. The van der Waals surface area contributed by atoms with Crippen LogP contribution < -0.4 is 20.5 Å². The zero-order chi connectivity index (χ0) is 16.8. The molecule has 0 fully saturated rings. The molecule has 1 aromatic carbocycles. The number of benzene rings is 1. The Morgan fingerprint density at radius 3 is 2.55 bits per heavy atom. The molecule has 0 heterocycles. The lowest BCUT2D eigenvalue weighted by Gasteiger charge is -2.10. The third-order valence-electron chi connectivity index (χ3n) is 2.75. The van der Waals surface area contributed by atoms with E-state index in [4.69, 9.17) is 10.5 Å². The van der Waals surface area contributed by atoms with Gasteiger partial charge in [-0.2, -0.15) is 0 Å². The van der Waals surface area contributed by atoms with Gasteiger partial charge in [0.2, 0.25) is 15.9 Å². The molecule has 0 saturated carbocycles. The first kappa shape index (κ1) is 17.9. The Labute approximate surface area is 129 Å². The van der Waals surface area contributed by atoms with E-state index in [1.807, 2.05) is 0 Å². The van der Waals surface area contributed by atoms with E-state index < -0.39 is 15.9 Å². The molecule has 0 saturated heterocycles. The third kappa shape index (κ3) is 5.34. The molecule has 9 heteroatoms. The first-order valence-electron chi connectivity index (χ1n) is 6.48. The van der Waals surface area contributed by atoms with Crippen molar-refractivity contribution in [2.24, 2.45) is 5.73 Å². The lowest BCUT2D eigenvalue weighted by molar-refractivity contribution is -0.121. The van der Waals surface area contributed by atoms with Crippen LogP contribution in [0.5, 0.6) is 5.75 Å². The quantitative estimate of drug-likeness (QED) is 0.579. The molecule has 0 spiro atoms. The normalized spacial score (nSPS) is 11.0. The Hall–Kier alpha value is -2.13. The van der Waals surface area contributed by atoms with Crippen molar-refractivity contribution in [2.45, 2.75) is 18.2 Å². The number of nitrogens with two attached hydrogens (primary N) is 1. The average molecular weight is 329 g/mol. The molecule has 0 aliphatic rings. The molecule has 0 aliphatic carbocycles. The van der Waals surface area contributed by atoms with Gasteiger partial charge in [-0.05, 0) is 30.7 Å². The Morgan fingerprint density at radius 2 is 2.00 bits per heavy atom. The Kier molecular flexibility index (Phi) is 6.32. The van der Waals surface area contributed by atoms with Crippen LogP contribution in [0.3, 0.4) is 0 Å². The smallest absolute Gasteiger partial charge is 0.255 e. The van der Waals surface area contributed by atoms with Gasteiger partial charge in [0, 0.05) is 20.0 Å². The number of hydrogen-bond acceptors (Lipinski definition) is 5. The lowest BCUT2D eigenvalue weighted by atomic mass is 10.2. The number of hydrogen-bond donors (Lipinski definition) is 3. The summed E-state index contributed by atoms with van der Waals surface area (Å²) >= 11 is 0. The largest absolute Gasteiger partial charge is 0.484 e. The van der Waals surface area contributed by atoms with Gasteiger partial charge in [0.1, 0.15) is 5.75 Å². The van der Waals surface area contributed by atoms with Crippen molar-refractivity contribution in [1.29, 1.82) is 0 Å². The van der Waals surface area contributed by atoms with Crippen LogP contribution in [0.2, 0.25) is 0 Å². The highest BCUT2D eigenvalue weighted by Crippen LogP contribution is 2.21. The topological polar surface area (TPSA) is 128 Å². The van der Waals surface area contributed by atoms with Crippen LogP contribution in [-0.2, 0) is 19.6 Å². The molecule has 2 amide bonds. The fourth-order valence-electron chi connectivity index (χ4n) is 1.61. The molecular weight excluding hydrogens is 310 g/mol. The number of primary amides is 1. The number of rotatable bonds is 8. The highest BCUT2D eigenvalue weighted by molar-refractivity contribution is 7.89.